The van der Waals surface area contributed by atoms with E-state index >= 15 is 0 Å². The quantitative estimate of drug-likeness (QED) is 0.525. The summed E-state index contributed by atoms with van der Waals surface area (Å²) in [7, 11) is -1.60. The molecule has 1 amide bonds. The predicted octanol–water partition coefficient (Wildman–Crippen LogP) is 3.37. The van der Waals surface area contributed by atoms with Crippen LogP contribution in [0.4, 0.5) is 27.6 Å². The molecule has 0 aromatic heterocycles. The first-order valence-electron chi connectivity index (χ1n) is 5.99. The van der Waals surface area contributed by atoms with E-state index in [2.05, 4.69) is 0 Å². The summed E-state index contributed by atoms with van der Waals surface area (Å²) in [5.74, 6) is -9.96. The number of rotatable bonds is 3. The van der Waals surface area contributed by atoms with E-state index in [1.807, 2.05) is 5.32 Å². The number of hydrogen-bond donors (Lipinski definition) is 1. The van der Waals surface area contributed by atoms with Crippen molar-refractivity contribution in [2.75, 3.05) is 11.6 Å². The predicted molar refractivity (Wildman–Crippen MR) is 73.0 cm³/mol. The zero-order valence-electron chi connectivity index (χ0n) is 11.4. The molecule has 0 spiro atoms. The van der Waals surface area contributed by atoms with Gasteiger partial charge in [-0.3, -0.25) is 9.00 Å². The van der Waals surface area contributed by atoms with Gasteiger partial charge in [0.05, 0.1) is 21.3 Å². The smallest absolute Gasteiger partial charge is 0.258 e. The third-order valence-corrected chi connectivity index (χ3v) is 3.80. The second kappa shape index (κ2) is 6.45. The molecule has 0 aliphatic rings. The normalized spacial score (nSPS) is 12.1. The van der Waals surface area contributed by atoms with Crippen LogP contribution in [-0.4, -0.2) is 16.4 Å². The Kier molecular flexibility index (Phi) is 4.79. The maximum Gasteiger partial charge on any atom is 0.258 e. The van der Waals surface area contributed by atoms with Crippen molar-refractivity contribution in [3.05, 3.63) is 58.9 Å². The first-order chi connectivity index (χ1) is 10.7. The van der Waals surface area contributed by atoms with Crippen LogP contribution in [0.25, 0.3) is 0 Å². The van der Waals surface area contributed by atoms with Crippen molar-refractivity contribution in [3.8, 4) is 0 Å². The van der Waals surface area contributed by atoms with E-state index in [4.69, 9.17) is 0 Å². The summed E-state index contributed by atoms with van der Waals surface area (Å²) in [4.78, 5) is 11.7. The van der Waals surface area contributed by atoms with E-state index in [1.54, 1.807) is 0 Å². The molecule has 0 aliphatic carbocycles. The summed E-state index contributed by atoms with van der Waals surface area (Å²) >= 11 is 0. The third-order valence-electron chi connectivity index (χ3n) is 2.85. The molecule has 0 saturated heterocycles. The largest absolute Gasteiger partial charge is 0.322 e. The molecular formula is C14H8F5NO2S. The van der Waals surface area contributed by atoms with Gasteiger partial charge in [0.2, 0.25) is 0 Å². The van der Waals surface area contributed by atoms with Crippen LogP contribution in [0.1, 0.15) is 10.4 Å². The Balaban J connectivity index is 2.33. The summed E-state index contributed by atoms with van der Waals surface area (Å²) in [6.07, 6.45) is 1.25. The van der Waals surface area contributed by atoms with Crippen molar-refractivity contribution >= 4 is 22.4 Å². The molecule has 3 nitrogen and oxygen atoms in total. The van der Waals surface area contributed by atoms with Gasteiger partial charge in [-0.15, -0.1) is 0 Å². The first kappa shape index (κ1) is 17.1. The van der Waals surface area contributed by atoms with E-state index in [1.165, 1.54) is 12.3 Å². The molecule has 0 aliphatic heterocycles. The van der Waals surface area contributed by atoms with Crippen molar-refractivity contribution in [2.24, 2.45) is 0 Å². The molecule has 1 N–H and O–H groups in total. The molecule has 9 heteroatoms. The van der Waals surface area contributed by atoms with E-state index in [0.29, 0.717) is 0 Å². The lowest BCUT2D eigenvalue weighted by Gasteiger charge is -2.08. The molecule has 2 aromatic rings. The zero-order valence-corrected chi connectivity index (χ0v) is 12.2. The molecule has 0 unspecified atom stereocenters. The number of hydrogen-bond acceptors (Lipinski definition) is 2. The van der Waals surface area contributed by atoms with Gasteiger partial charge >= 0.3 is 0 Å². The van der Waals surface area contributed by atoms with Gasteiger partial charge in [-0.1, -0.05) is 0 Å². The third kappa shape index (κ3) is 3.39. The van der Waals surface area contributed by atoms with Crippen molar-refractivity contribution < 1.29 is 31.0 Å². The van der Waals surface area contributed by atoms with Gasteiger partial charge in [-0.25, -0.2) is 22.0 Å². The molecule has 23 heavy (non-hydrogen) atoms. The Morgan fingerprint density at radius 3 is 2.17 bits per heavy atom. The second-order valence-corrected chi connectivity index (χ2v) is 5.75. The van der Waals surface area contributed by atoms with Gasteiger partial charge in [0.25, 0.3) is 5.91 Å². The fraction of sp³-hybridized carbons (Fsp3) is 0.0714. The first-order valence-corrected chi connectivity index (χ1v) is 7.55. The van der Waals surface area contributed by atoms with E-state index in [-0.39, 0.29) is 16.6 Å². The minimum Gasteiger partial charge on any atom is -0.322 e. The van der Waals surface area contributed by atoms with Crippen molar-refractivity contribution in [1.29, 1.82) is 0 Å². The molecule has 0 heterocycles. The lowest BCUT2D eigenvalue weighted by atomic mass is 10.1. The highest BCUT2D eigenvalue weighted by atomic mass is 32.2. The van der Waals surface area contributed by atoms with Crippen LogP contribution >= 0.6 is 0 Å². The minimum atomic E-state index is -2.13. The fourth-order valence-corrected chi connectivity index (χ4v) is 2.34. The molecule has 2 rings (SSSR count). The molecule has 122 valence electrons. The SMILES string of the molecule is C[S@](=O)c1ccc(NC(=O)c2cc(F)c(F)c(F)c2F)cc1F. The van der Waals surface area contributed by atoms with Crippen LogP contribution in [0, 0.1) is 29.1 Å². The Morgan fingerprint density at radius 1 is 0.957 bits per heavy atom. The zero-order chi connectivity index (χ0) is 17.3. The lowest BCUT2D eigenvalue weighted by molar-refractivity contribution is 0.102. The van der Waals surface area contributed by atoms with Crippen molar-refractivity contribution in [1.82, 2.24) is 0 Å². The number of halogens is 5. The summed E-state index contributed by atoms with van der Waals surface area (Å²) in [5.41, 5.74) is -1.24. The van der Waals surface area contributed by atoms with Gasteiger partial charge in [0.15, 0.2) is 23.3 Å². The molecule has 0 radical (unpaired) electrons. The topological polar surface area (TPSA) is 46.2 Å². The molecule has 1 atom stereocenters. The highest BCUT2D eigenvalue weighted by Crippen LogP contribution is 2.21. The summed E-state index contributed by atoms with van der Waals surface area (Å²) in [5, 5.41) is 2.01. The highest BCUT2D eigenvalue weighted by molar-refractivity contribution is 7.84. The van der Waals surface area contributed by atoms with Crippen molar-refractivity contribution in [3.63, 3.8) is 0 Å². The average molecular weight is 349 g/mol. The van der Waals surface area contributed by atoms with Crippen LogP contribution in [-0.2, 0) is 10.8 Å². The average Bonchev–Trinajstić information content (AvgIpc) is 2.48. The van der Waals surface area contributed by atoms with Crippen molar-refractivity contribution in [2.45, 2.75) is 4.90 Å². The van der Waals surface area contributed by atoms with Gasteiger partial charge in [0.1, 0.15) is 5.82 Å². The van der Waals surface area contributed by atoms with Crippen LogP contribution < -0.4 is 5.32 Å². The number of anilines is 1. The number of carbonyl (C=O) groups excluding carboxylic acids is 1. The van der Waals surface area contributed by atoms with Crippen LogP contribution in [0.2, 0.25) is 0 Å². The molecule has 0 fully saturated rings. The van der Waals surface area contributed by atoms with Crippen LogP contribution in [0.5, 0.6) is 0 Å². The molecular weight excluding hydrogens is 341 g/mol. The second-order valence-electron chi connectivity index (χ2n) is 4.40. The van der Waals surface area contributed by atoms with Gasteiger partial charge in [-0.2, -0.15) is 0 Å². The van der Waals surface area contributed by atoms with Gasteiger partial charge < -0.3 is 5.32 Å². The van der Waals surface area contributed by atoms with Crippen LogP contribution in [0.3, 0.4) is 0 Å². The molecule has 0 bridgehead atoms. The maximum absolute atomic E-state index is 13.6. The van der Waals surface area contributed by atoms with E-state index < -0.39 is 51.4 Å². The van der Waals surface area contributed by atoms with Crippen LogP contribution in [0.15, 0.2) is 29.2 Å². The lowest BCUT2D eigenvalue weighted by Crippen LogP contribution is -2.16. The van der Waals surface area contributed by atoms with Gasteiger partial charge in [-0.05, 0) is 24.3 Å². The van der Waals surface area contributed by atoms with E-state index in [0.717, 1.165) is 12.1 Å². The number of carbonyl (C=O) groups is 1. The standard InChI is InChI=1S/C14H8F5NO2S/c1-23(22)10-3-2-6(4-8(10)15)20-14(21)7-5-9(16)12(18)13(19)11(7)17/h2-5H,1H3,(H,20,21)/t23-/m0/s1. The minimum absolute atomic E-state index is 0.118. The summed E-state index contributed by atoms with van der Waals surface area (Å²) < 4.78 is 77.3. The fourth-order valence-electron chi connectivity index (χ4n) is 1.75. The highest BCUT2D eigenvalue weighted by Gasteiger charge is 2.23. The Labute approximate surface area is 129 Å². The van der Waals surface area contributed by atoms with E-state index in [9.17, 15) is 31.0 Å². The number of benzene rings is 2. The van der Waals surface area contributed by atoms with Gasteiger partial charge in [0, 0.05) is 11.9 Å². The Hall–Kier alpha value is -2.29. The monoisotopic (exact) mass is 349 g/mol. The molecule has 0 saturated carbocycles. The Bertz CT molecular complexity index is 825. The maximum atomic E-state index is 13.6. The number of amides is 1. The summed E-state index contributed by atoms with van der Waals surface area (Å²) in [6, 6.07) is 3.30. The summed E-state index contributed by atoms with van der Waals surface area (Å²) in [6.45, 7) is 0. The Morgan fingerprint density at radius 2 is 1.61 bits per heavy atom. The number of nitrogens with one attached hydrogen (secondary N) is 1. The molecule has 2 aromatic carbocycles.